The number of nitrogens with one attached hydrogen (secondary N) is 1. The first kappa shape index (κ1) is 16.8. The lowest BCUT2D eigenvalue weighted by atomic mass is 10.1. The van der Waals surface area contributed by atoms with Crippen LogP contribution in [0.25, 0.3) is 11.4 Å². The third-order valence-corrected chi connectivity index (χ3v) is 3.88. The number of nitrogens with zero attached hydrogens (tertiary/aromatic N) is 2. The third kappa shape index (κ3) is 3.27. The minimum Gasteiger partial charge on any atom is -0.493 e. The summed E-state index contributed by atoms with van der Waals surface area (Å²) in [5.41, 5.74) is 7.95. The Labute approximate surface area is 145 Å². The van der Waals surface area contributed by atoms with Gasteiger partial charge in [0.1, 0.15) is 5.82 Å². The fourth-order valence-corrected chi connectivity index (χ4v) is 2.57. The molecule has 2 aromatic carbocycles. The van der Waals surface area contributed by atoms with Crippen LogP contribution in [-0.4, -0.2) is 36.5 Å². The van der Waals surface area contributed by atoms with Crippen LogP contribution in [0.1, 0.15) is 17.4 Å². The number of hydrogen-bond donors (Lipinski definition) is 2. The molecule has 130 valence electrons. The van der Waals surface area contributed by atoms with Gasteiger partial charge in [0.25, 0.3) is 0 Å². The molecule has 0 aliphatic carbocycles. The molecule has 1 atom stereocenters. The minimum atomic E-state index is -0.385. The van der Waals surface area contributed by atoms with Gasteiger partial charge in [-0.05, 0) is 17.7 Å². The van der Waals surface area contributed by atoms with E-state index in [0.717, 1.165) is 11.1 Å². The van der Waals surface area contributed by atoms with Gasteiger partial charge in [0, 0.05) is 5.56 Å². The second kappa shape index (κ2) is 7.23. The lowest BCUT2D eigenvalue weighted by molar-refractivity contribution is 0.324. The van der Waals surface area contributed by atoms with Gasteiger partial charge in [-0.1, -0.05) is 30.3 Å². The maximum absolute atomic E-state index is 6.26. The van der Waals surface area contributed by atoms with Crippen LogP contribution < -0.4 is 19.9 Å². The number of H-pyrrole nitrogens is 1. The molecule has 0 saturated heterocycles. The van der Waals surface area contributed by atoms with Crippen LogP contribution in [0, 0.1) is 0 Å². The molecule has 0 aliphatic rings. The first-order chi connectivity index (χ1) is 12.2. The van der Waals surface area contributed by atoms with E-state index in [1.807, 2.05) is 30.3 Å². The number of aromatic nitrogens is 3. The first-order valence-corrected chi connectivity index (χ1v) is 7.71. The zero-order valence-electron chi connectivity index (χ0n) is 14.3. The zero-order valence-corrected chi connectivity index (χ0v) is 14.3. The standard InChI is InChI=1S/C18H20N4O3/c1-23-13-9-12(10-14(24-2)16(13)25-3)17-20-18(22-21-17)15(19)11-7-5-4-6-8-11/h4-10,15H,19H2,1-3H3,(H,20,21,22)/t15-/m0/s1. The number of ether oxygens (including phenoxy) is 3. The molecular weight excluding hydrogens is 320 g/mol. The van der Waals surface area contributed by atoms with Gasteiger partial charge in [-0.15, -0.1) is 0 Å². The van der Waals surface area contributed by atoms with E-state index >= 15 is 0 Å². The Morgan fingerprint density at radius 2 is 1.60 bits per heavy atom. The molecule has 0 bridgehead atoms. The van der Waals surface area contributed by atoms with Crippen LogP contribution in [0.15, 0.2) is 42.5 Å². The highest BCUT2D eigenvalue weighted by Gasteiger charge is 2.18. The molecule has 0 fully saturated rings. The normalized spacial score (nSPS) is 11.8. The van der Waals surface area contributed by atoms with Crippen molar-refractivity contribution in [1.29, 1.82) is 0 Å². The Hall–Kier alpha value is -3.06. The molecule has 0 unspecified atom stereocenters. The molecule has 7 heteroatoms. The van der Waals surface area contributed by atoms with Crippen molar-refractivity contribution in [3.8, 4) is 28.6 Å². The second-order valence-corrected chi connectivity index (χ2v) is 5.35. The fraction of sp³-hybridized carbons (Fsp3) is 0.222. The summed E-state index contributed by atoms with van der Waals surface area (Å²) < 4.78 is 16.1. The van der Waals surface area contributed by atoms with Gasteiger partial charge in [-0.3, -0.25) is 5.10 Å². The van der Waals surface area contributed by atoms with E-state index in [1.54, 1.807) is 33.5 Å². The molecule has 3 aromatic rings. The molecule has 1 heterocycles. The molecule has 25 heavy (non-hydrogen) atoms. The van der Waals surface area contributed by atoms with Gasteiger partial charge >= 0.3 is 0 Å². The lowest BCUT2D eigenvalue weighted by Crippen LogP contribution is -2.13. The van der Waals surface area contributed by atoms with E-state index in [4.69, 9.17) is 19.9 Å². The Balaban J connectivity index is 1.97. The summed E-state index contributed by atoms with van der Waals surface area (Å²) in [6.45, 7) is 0. The van der Waals surface area contributed by atoms with Gasteiger partial charge in [-0.25, -0.2) is 4.98 Å². The Bertz CT molecular complexity index is 824. The van der Waals surface area contributed by atoms with Gasteiger partial charge in [0.15, 0.2) is 17.3 Å². The van der Waals surface area contributed by atoms with Crippen molar-refractivity contribution in [2.75, 3.05) is 21.3 Å². The molecule has 7 nitrogen and oxygen atoms in total. The highest BCUT2D eigenvalue weighted by Crippen LogP contribution is 2.40. The minimum absolute atomic E-state index is 0.385. The molecule has 1 aromatic heterocycles. The van der Waals surface area contributed by atoms with Gasteiger partial charge in [0.2, 0.25) is 5.75 Å². The van der Waals surface area contributed by atoms with Crippen molar-refractivity contribution in [3.05, 3.63) is 53.9 Å². The summed E-state index contributed by atoms with van der Waals surface area (Å²) in [7, 11) is 4.69. The average Bonchev–Trinajstić information content (AvgIpc) is 3.17. The number of methoxy groups -OCH3 is 3. The maximum Gasteiger partial charge on any atom is 0.203 e. The van der Waals surface area contributed by atoms with E-state index in [2.05, 4.69) is 15.2 Å². The van der Waals surface area contributed by atoms with E-state index in [-0.39, 0.29) is 6.04 Å². The van der Waals surface area contributed by atoms with Crippen molar-refractivity contribution in [1.82, 2.24) is 15.2 Å². The van der Waals surface area contributed by atoms with Crippen molar-refractivity contribution >= 4 is 0 Å². The highest BCUT2D eigenvalue weighted by molar-refractivity contribution is 5.66. The molecule has 0 amide bonds. The Kier molecular flexibility index (Phi) is 4.85. The zero-order chi connectivity index (χ0) is 17.8. The maximum atomic E-state index is 6.26. The van der Waals surface area contributed by atoms with Crippen molar-refractivity contribution in [2.24, 2.45) is 5.73 Å². The topological polar surface area (TPSA) is 95.3 Å². The number of benzene rings is 2. The van der Waals surface area contributed by atoms with Crippen molar-refractivity contribution < 1.29 is 14.2 Å². The Morgan fingerprint density at radius 1 is 0.960 bits per heavy atom. The van der Waals surface area contributed by atoms with Gasteiger partial charge < -0.3 is 19.9 Å². The van der Waals surface area contributed by atoms with Crippen LogP contribution in [-0.2, 0) is 0 Å². The summed E-state index contributed by atoms with van der Waals surface area (Å²) in [6.07, 6.45) is 0. The molecule has 0 saturated carbocycles. The van der Waals surface area contributed by atoms with Gasteiger partial charge in [-0.2, -0.15) is 5.10 Å². The molecule has 3 N–H and O–H groups in total. The van der Waals surface area contributed by atoms with Crippen LogP contribution in [0.5, 0.6) is 17.2 Å². The van der Waals surface area contributed by atoms with Crippen LogP contribution in [0.4, 0.5) is 0 Å². The third-order valence-electron chi connectivity index (χ3n) is 3.88. The summed E-state index contributed by atoms with van der Waals surface area (Å²) in [5.74, 6) is 2.67. The Morgan fingerprint density at radius 3 is 2.16 bits per heavy atom. The smallest absolute Gasteiger partial charge is 0.203 e. The SMILES string of the molecule is COc1cc(-c2n[nH]c([C@@H](N)c3ccccc3)n2)cc(OC)c1OC. The second-order valence-electron chi connectivity index (χ2n) is 5.35. The van der Waals surface area contributed by atoms with E-state index < -0.39 is 0 Å². The highest BCUT2D eigenvalue weighted by atomic mass is 16.5. The van der Waals surface area contributed by atoms with E-state index in [9.17, 15) is 0 Å². The van der Waals surface area contributed by atoms with Crippen LogP contribution in [0.2, 0.25) is 0 Å². The number of nitrogens with two attached hydrogens (primary N) is 1. The van der Waals surface area contributed by atoms with Gasteiger partial charge in [0.05, 0.1) is 27.4 Å². The van der Waals surface area contributed by atoms with E-state index in [0.29, 0.717) is 28.9 Å². The molecule has 0 spiro atoms. The van der Waals surface area contributed by atoms with Crippen molar-refractivity contribution in [2.45, 2.75) is 6.04 Å². The number of rotatable bonds is 6. The molecular formula is C18H20N4O3. The molecule has 0 radical (unpaired) electrons. The van der Waals surface area contributed by atoms with Crippen LogP contribution in [0.3, 0.4) is 0 Å². The average molecular weight is 340 g/mol. The lowest BCUT2D eigenvalue weighted by Gasteiger charge is -2.13. The monoisotopic (exact) mass is 340 g/mol. The quantitative estimate of drug-likeness (QED) is 0.716. The summed E-state index contributed by atoms with van der Waals surface area (Å²) in [4.78, 5) is 4.52. The predicted octanol–water partition coefficient (Wildman–Crippen LogP) is 2.55. The first-order valence-electron chi connectivity index (χ1n) is 7.71. The number of aromatic amines is 1. The van der Waals surface area contributed by atoms with E-state index in [1.165, 1.54) is 0 Å². The summed E-state index contributed by atoms with van der Waals surface area (Å²) in [6, 6.07) is 12.9. The summed E-state index contributed by atoms with van der Waals surface area (Å²) >= 11 is 0. The number of hydrogen-bond acceptors (Lipinski definition) is 6. The summed E-state index contributed by atoms with van der Waals surface area (Å²) in [5, 5.41) is 7.18. The van der Waals surface area contributed by atoms with Crippen LogP contribution >= 0.6 is 0 Å². The molecule has 0 aliphatic heterocycles. The molecule has 3 rings (SSSR count). The predicted molar refractivity (Wildman–Crippen MR) is 93.9 cm³/mol. The van der Waals surface area contributed by atoms with Crippen molar-refractivity contribution in [3.63, 3.8) is 0 Å². The largest absolute Gasteiger partial charge is 0.493 e. The fourth-order valence-electron chi connectivity index (χ4n) is 2.57.